The summed E-state index contributed by atoms with van der Waals surface area (Å²) >= 11 is 0. The SMILES string of the molecule is Nc1ccc2cc(OCCOCCOCCOCCOc3ccc4nc(N)ccc4c3)ccc2n1. The van der Waals surface area contributed by atoms with Crippen LogP contribution in [0, 0.1) is 0 Å². The molecule has 0 unspecified atom stereocenters. The molecule has 0 aliphatic rings. The Morgan fingerprint density at radius 2 is 0.886 bits per heavy atom. The van der Waals surface area contributed by atoms with E-state index in [-0.39, 0.29) is 0 Å². The number of aromatic nitrogens is 2. The van der Waals surface area contributed by atoms with Gasteiger partial charge >= 0.3 is 0 Å². The van der Waals surface area contributed by atoms with Gasteiger partial charge in [-0.05, 0) is 60.7 Å². The van der Waals surface area contributed by atoms with Crippen LogP contribution < -0.4 is 20.9 Å². The van der Waals surface area contributed by atoms with Gasteiger partial charge < -0.3 is 35.2 Å². The van der Waals surface area contributed by atoms with E-state index in [2.05, 4.69) is 9.97 Å². The lowest BCUT2D eigenvalue weighted by atomic mass is 10.2. The molecule has 2 aromatic carbocycles. The first kappa shape index (κ1) is 24.5. The Bertz CT molecular complexity index is 1140. The van der Waals surface area contributed by atoms with Crippen LogP contribution >= 0.6 is 0 Å². The number of benzene rings is 2. The van der Waals surface area contributed by atoms with E-state index < -0.39 is 0 Å². The highest BCUT2D eigenvalue weighted by molar-refractivity contribution is 5.82. The number of ether oxygens (including phenoxy) is 5. The third-order valence-electron chi connectivity index (χ3n) is 5.10. The van der Waals surface area contributed by atoms with Crippen molar-refractivity contribution in [2.75, 3.05) is 64.3 Å². The highest BCUT2D eigenvalue weighted by atomic mass is 16.6. The number of nitrogens with zero attached hydrogens (tertiary/aromatic N) is 2. The summed E-state index contributed by atoms with van der Waals surface area (Å²) in [6.45, 7) is 3.86. The zero-order chi connectivity index (χ0) is 24.3. The summed E-state index contributed by atoms with van der Waals surface area (Å²) in [5.41, 5.74) is 13.1. The Kier molecular flexibility index (Phi) is 8.88. The molecule has 0 saturated heterocycles. The van der Waals surface area contributed by atoms with E-state index in [0.717, 1.165) is 33.3 Å². The maximum Gasteiger partial charge on any atom is 0.124 e. The van der Waals surface area contributed by atoms with Gasteiger partial charge in [0.25, 0.3) is 0 Å². The lowest BCUT2D eigenvalue weighted by molar-refractivity contribution is 0.00500. The average molecular weight is 479 g/mol. The van der Waals surface area contributed by atoms with E-state index in [9.17, 15) is 0 Å². The molecule has 0 amide bonds. The van der Waals surface area contributed by atoms with Crippen LogP contribution in [0.25, 0.3) is 21.8 Å². The number of hydrogen-bond acceptors (Lipinski definition) is 9. The largest absolute Gasteiger partial charge is 0.491 e. The van der Waals surface area contributed by atoms with Crippen LogP contribution in [-0.2, 0) is 14.2 Å². The monoisotopic (exact) mass is 478 g/mol. The minimum absolute atomic E-state index is 0.457. The summed E-state index contributed by atoms with van der Waals surface area (Å²) in [6, 6.07) is 18.8. The van der Waals surface area contributed by atoms with Crippen molar-refractivity contribution in [2.45, 2.75) is 0 Å². The van der Waals surface area contributed by atoms with Crippen molar-refractivity contribution in [3.8, 4) is 11.5 Å². The third kappa shape index (κ3) is 7.68. The molecule has 35 heavy (non-hydrogen) atoms. The highest BCUT2D eigenvalue weighted by Crippen LogP contribution is 2.21. The fourth-order valence-corrected chi connectivity index (χ4v) is 3.40. The van der Waals surface area contributed by atoms with Crippen LogP contribution in [0.1, 0.15) is 0 Å². The number of anilines is 2. The van der Waals surface area contributed by atoms with E-state index >= 15 is 0 Å². The summed E-state index contributed by atoms with van der Waals surface area (Å²) in [5.74, 6) is 2.55. The molecule has 0 radical (unpaired) electrons. The molecular formula is C26H30N4O5. The minimum atomic E-state index is 0.457. The van der Waals surface area contributed by atoms with E-state index in [1.807, 2.05) is 48.5 Å². The van der Waals surface area contributed by atoms with Crippen LogP contribution in [0.5, 0.6) is 11.5 Å². The van der Waals surface area contributed by atoms with Crippen molar-refractivity contribution in [3.05, 3.63) is 60.7 Å². The van der Waals surface area contributed by atoms with E-state index in [0.29, 0.717) is 64.5 Å². The predicted octanol–water partition coefficient (Wildman–Crippen LogP) is 3.46. The maximum absolute atomic E-state index is 5.72. The van der Waals surface area contributed by atoms with Gasteiger partial charge in [0, 0.05) is 10.8 Å². The first-order chi connectivity index (χ1) is 17.2. The van der Waals surface area contributed by atoms with Crippen LogP contribution in [0.4, 0.5) is 11.6 Å². The van der Waals surface area contributed by atoms with Gasteiger partial charge in [0.15, 0.2) is 0 Å². The van der Waals surface area contributed by atoms with Gasteiger partial charge in [-0.1, -0.05) is 0 Å². The van der Waals surface area contributed by atoms with Crippen molar-refractivity contribution < 1.29 is 23.7 Å². The lowest BCUT2D eigenvalue weighted by Crippen LogP contribution is -2.14. The quantitative estimate of drug-likeness (QED) is 0.262. The molecule has 4 aromatic rings. The third-order valence-corrected chi connectivity index (χ3v) is 5.10. The van der Waals surface area contributed by atoms with E-state index in [4.69, 9.17) is 35.2 Å². The molecule has 2 aromatic heterocycles. The Morgan fingerprint density at radius 3 is 1.31 bits per heavy atom. The molecule has 9 nitrogen and oxygen atoms in total. The highest BCUT2D eigenvalue weighted by Gasteiger charge is 2.01. The Labute approximate surface area is 203 Å². The Balaban J connectivity index is 0.980. The molecule has 0 aliphatic heterocycles. The molecule has 0 fully saturated rings. The molecule has 0 atom stereocenters. The van der Waals surface area contributed by atoms with Gasteiger partial charge in [-0.25, -0.2) is 9.97 Å². The normalized spacial score (nSPS) is 11.2. The number of nitrogens with two attached hydrogens (primary N) is 2. The molecule has 9 heteroatoms. The summed E-state index contributed by atoms with van der Waals surface area (Å²) in [4.78, 5) is 8.54. The van der Waals surface area contributed by atoms with Gasteiger partial charge in [-0.3, -0.25) is 0 Å². The predicted molar refractivity (Wildman–Crippen MR) is 136 cm³/mol. The van der Waals surface area contributed by atoms with Gasteiger partial charge in [0.1, 0.15) is 36.3 Å². The van der Waals surface area contributed by atoms with Crippen molar-refractivity contribution >= 4 is 33.4 Å². The van der Waals surface area contributed by atoms with Crippen molar-refractivity contribution in [1.82, 2.24) is 9.97 Å². The van der Waals surface area contributed by atoms with Crippen molar-refractivity contribution in [1.29, 1.82) is 0 Å². The zero-order valence-corrected chi connectivity index (χ0v) is 19.5. The summed E-state index contributed by atoms with van der Waals surface area (Å²) in [5, 5.41) is 1.97. The number of hydrogen-bond donors (Lipinski definition) is 2. The molecule has 0 saturated carbocycles. The Hall–Kier alpha value is -3.66. The molecule has 4 rings (SSSR count). The van der Waals surface area contributed by atoms with Gasteiger partial charge in [0.05, 0.1) is 50.7 Å². The van der Waals surface area contributed by atoms with Crippen LogP contribution in [0.2, 0.25) is 0 Å². The molecule has 4 N–H and O–H groups in total. The van der Waals surface area contributed by atoms with Crippen molar-refractivity contribution in [3.63, 3.8) is 0 Å². The lowest BCUT2D eigenvalue weighted by Gasteiger charge is -2.09. The average Bonchev–Trinajstić information content (AvgIpc) is 2.86. The fourth-order valence-electron chi connectivity index (χ4n) is 3.40. The first-order valence-electron chi connectivity index (χ1n) is 11.5. The second-order valence-electron chi connectivity index (χ2n) is 7.72. The molecule has 0 spiro atoms. The number of fused-ring (bicyclic) bond motifs is 2. The topological polar surface area (TPSA) is 124 Å². The van der Waals surface area contributed by atoms with Crippen LogP contribution in [0.3, 0.4) is 0 Å². The number of rotatable bonds is 14. The minimum Gasteiger partial charge on any atom is -0.491 e. The van der Waals surface area contributed by atoms with Crippen LogP contribution in [0.15, 0.2) is 60.7 Å². The van der Waals surface area contributed by atoms with Gasteiger partial charge in [-0.2, -0.15) is 0 Å². The van der Waals surface area contributed by atoms with E-state index in [1.54, 1.807) is 12.1 Å². The van der Waals surface area contributed by atoms with Gasteiger partial charge in [0.2, 0.25) is 0 Å². The molecule has 2 heterocycles. The molecule has 184 valence electrons. The summed E-state index contributed by atoms with van der Waals surface area (Å²) < 4.78 is 28.0. The first-order valence-corrected chi connectivity index (χ1v) is 11.5. The smallest absolute Gasteiger partial charge is 0.124 e. The maximum atomic E-state index is 5.72. The van der Waals surface area contributed by atoms with Gasteiger partial charge in [-0.15, -0.1) is 0 Å². The number of nitrogen functional groups attached to an aromatic ring is 2. The molecule has 0 bridgehead atoms. The summed E-state index contributed by atoms with van der Waals surface area (Å²) in [7, 11) is 0. The van der Waals surface area contributed by atoms with E-state index in [1.165, 1.54) is 0 Å². The van der Waals surface area contributed by atoms with Crippen LogP contribution in [-0.4, -0.2) is 62.8 Å². The second kappa shape index (κ2) is 12.7. The number of pyridine rings is 2. The second-order valence-corrected chi connectivity index (χ2v) is 7.72. The zero-order valence-electron chi connectivity index (χ0n) is 19.5. The molecular weight excluding hydrogens is 448 g/mol. The Morgan fingerprint density at radius 1 is 0.486 bits per heavy atom. The summed E-state index contributed by atoms with van der Waals surface area (Å²) in [6.07, 6.45) is 0. The standard InChI is InChI=1S/C26H30N4O5/c27-25-7-1-19-17-21(3-5-23(19)29-25)34-15-13-32-11-9-31-10-12-33-14-16-35-22-4-6-24-20(18-22)2-8-26(28)30-24/h1-8,17-18H,9-16H2,(H2,27,29)(H2,28,30). The molecule has 0 aliphatic carbocycles. The fraction of sp³-hybridized carbons (Fsp3) is 0.308. The van der Waals surface area contributed by atoms with Crippen molar-refractivity contribution in [2.24, 2.45) is 0 Å².